The Bertz CT molecular complexity index is 541. The minimum Gasteiger partial charge on any atom is -0.497 e. The maximum atomic E-state index is 5.21. The molecular formula is C21H31NO. The van der Waals surface area contributed by atoms with E-state index >= 15 is 0 Å². The van der Waals surface area contributed by atoms with Crippen molar-refractivity contribution in [2.45, 2.75) is 64.7 Å². The number of rotatable bonds is 11. The van der Waals surface area contributed by atoms with Crippen LogP contribution in [0.5, 0.6) is 5.75 Å². The predicted molar refractivity (Wildman–Crippen MR) is 99.1 cm³/mol. The van der Waals surface area contributed by atoms with Gasteiger partial charge in [-0.3, -0.25) is 0 Å². The van der Waals surface area contributed by atoms with Gasteiger partial charge in [0, 0.05) is 11.9 Å². The van der Waals surface area contributed by atoms with Crippen LogP contribution in [0.2, 0.25) is 0 Å². The van der Waals surface area contributed by atoms with Crippen LogP contribution in [0.1, 0.15) is 63.9 Å². The van der Waals surface area contributed by atoms with E-state index in [0.29, 0.717) is 0 Å². The highest BCUT2D eigenvalue weighted by molar-refractivity contribution is 5.61. The van der Waals surface area contributed by atoms with E-state index in [-0.39, 0.29) is 0 Å². The number of benzene rings is 1. The Labute approximate surface area is 141 Å². The minimum absolute atomic E-state index is 0.902. The van der Waals surface area contributed by atoms with Crippen molar-refractivity contribution >= 4 is 0 Å². The van der Waals surface area contributed by atoms with Crippen LogP contribution in [0, 0.1) is 0 Å². The third kappa shape index (κ3) is 6.13. The number of ether oxygens (including phenoxy) is 1. The SMILES string of the molecule is CCCCCCCCCCc1c[nH]c(-c2ccc(OC)cc2)c1. The van der Waals surface area contributed by atoms with Gasteiger partial charge in [0.25, 0.3) is 0 Å². The second kappa shape index (κ2) is 10.1. The predicted octanol–water partition coefficient (Wildman–Crippen LogP) is 6.37. The van der Waals surface area contributed by atoms with Gasteiger partial charge >= 0.3 is 0 Å². The maximum Gasteiger partial charge on any atom is 0.118 e. The molecular weight excluding hydrogens is 282 g/mol. The number of aromatic amines is 1. The number of hydrogen-bond acceptors (Lipinski definition) is 1. The second-order valence-electron chi connectivity index (χ2n) is 6.37. The molecule has 0 atom stereocenters. The first-order valence-electron chi connectivity index (χ1n) is 9.15. The van der Waals surface area contributed by atoms with Gasteiger partial charge in [-0.25, -0.2) is 0 Å². The van der Waals surface area contributed by atoms with Gasteiger partial charge in [0.1, 0.15) is 5.75 Å². The van der Waals surface area contributed by atoms with Gasteiger partial charge in [-0.1, -0.05) is 51.9 Å². The smallest absolute Gasteiger partial charge is 0.118 e. The molecule has 2 rings (SSSR count). The Balaban J connectivity index is 1.68. The van der Waals surface area contributed by atoms with Crippen molar-refractivity contribution in [1.82, 2.24) is 4.98 Å². The van der Waals surface area contributed by atoms with Crippen LogP contribution >= 0.6 is 0 Å². The third-order valence-corrected chi connectivity index (χ3v) is 4.46. The molecule has 0 aliphatic carbocycles. The lowest BCUT2D eigenvalue weighted by atomic mass is 10.0. The molecule has 0 bridgehead atoms. The highest BCUT2D eigenvalue weighted by Crippen LogP contribution is 2.23. The van der Waals surface area contributed by atoms with Gasteiger partial charge in [0.05, 0.1) is 7.11 Å². The van der Waals surface area contributed by atoms with Crippen molar-refractivity contribution in [1.29, 1.82) is 0 Å². The molecule has 0 aliphatic heterocycles. The zero-order valence-corrected chi connectivity index (χ0v) is 14.7. The Morgan fingerprint density at radius 1 is 0.870 bits per heavy atom. The molecule has 2 aromatic rings. The molecule has 126 valence electrons. The van der Waals surface area contributed by atoms with Crippen LogP contribution in [0.4, 0.5) is 0 Å². The van der Waals surface area contributed by atoms with E-state index in [0.717, 1.165) is 5.75 Å². The molecule has 0 saturated carbocycles. The van der Waals surface area contributed by atoms with Gasteiger partial charge in [-0.2, -0.15) is 0 Å². The lowest BCUT2D eigenvalue weighted by molar-refractivity contribution is 0.415. The highest BCUT2D eigenvalue weighted by Gasteiger charge is 2.02. The molecule has 1 heterocycles. The minimum atomic E-state index is 0.902. The normalized spacial score (nSPS) is 10.9. The average Bonchev–Trinajstić information content (AvgIpc) is 3.06. The quantitative estimate of drug-likeness (QED) is 0.479. The van der Waals surface area contributed by atoms with Crippen molar-refractivity contribution in [2.24, 2.45) is 0 Å². The van der Waals surface area contributed by atoms with Crippen molar-refractivity contribution in [3.8, 4) is 17.0 Å². The summed E-state index contributed by atoms with van der Waals surface area (Å²) in [6.07, 6.45) is 14.4. The molecule has 0 radical (unpaired) electrons. The Morgan fingerprint density at radius 3 is 2.17 bits per heavy atom. The number of hydrogen-bond donors (Lipinski definition) is 1. The van der Waals surface area contributed by atoms with Crippen LogP contribution < -0.4 is 4.74 Å². The maximum absolute atomic E-state index is 5.21. The van der Waals surface area contributed by atoms with E-state index in [4.69, 9.17) is 4.74 Å². The molecule has 0 fully saturated rings. The van der Waals surface area contributed by atoms with Crippen molar-refractivity contribution in [3.05, 3.63) is 42.1 Å². The number of methoxy groups -OCH3 is 1. The highest BCUT2D eigenvalue weighted by atomic mass is 16.5. The average molecular weight is 313 g/mol. The molecule has 1 N–H and O–H groups in total. The van der Waals surface area contributed by atoms with E-state index in [1.807, 2.05) is 12.1 Å². The lowest BCUT2D eigenvalue weighted by Gasteiger charge is -2.01. The summed E-state index contributed by atoms with van der Waals surface area (Å²) >= 11 is 0. The van der Waals surface area contributed by atoms with E-state index in [9.17, 15) is 0 Å². The third-order valence-electron chi connectivity index (χ3n) is 4.46. The zero-order chi connectivity index (χ0) is 16.3. The second-order valence-corrected chi connectivity index (χ2v) is 6.37. The molecule has 2 nitrogen and oxygen atoms in total. The fraction of sp³-hybridized carbons (Fsp3) is 0.524. The van der Waals surface area contributed by atoms with Gasteiger partial charge < -0.3 is 9.72 Å². The Morgan fingerprint density at radius 2 is 1.52 bits per heavy atom. The summed E-state index contributed by atoms with van der Waals surface area (Å²) in [5.74, 6) is 0.902. The Hall–Kier alpha value is -1.70. The molecule has 1 aromatic carbocycles. The van der Waals surface area contributed by atoms with Crippen molar-refractivity contribution < 1.29 is 4.74 Å². The molecule has 0 spiro atoms. The summed E-state index contributed by atoms with van der Waals surface area (Å²) in [6, 6.07) is 10.5. The first-order valence-corrected chi connectivity index (χ1v) is 9.15. The lowest BCUT2D eigenvalue weighted by Crippen LogP contribution is -1.84. The number of aryl methyl sites for hydroxylation is 1. The van der Waals surface area contributed by atoms with Gasteiger partial charge in [0.2, 0.25) is 0 Å². The molecule has 0 aliphatic rings. The van der Waals surface area contributed by atoms with E-state index < -0.39 is 0 Å². The number of aromatic nitrogens is 1. The fourth-order valence-corrected chi connectivity index (χ4v) is 2.98. The van der Waals surface area contributed by atoms with E-state index in [2.05, 4.69) is 36.3 Å². The first-order chi connectivity index (χ1) is 11.3. The number of unbranched alkanes of at least 4 members (excludes halogenated alkanes) is 7. The van der Waals surface area contributed by atoms with Crippen LogP contribution in [-0.4, -0.2) is 12.1 Å². The largest absolute Gasteiger partial charge is 0.497 e. The Kier molecular flexibility index (Phi) is 7.79. The summed E-state index contributed by atoms with van der Waals surface area (Å²) < 4.78 is 5.21. The van der Waals surface area contributed by atoms with E-state index in [1.165, 1.54) is 74.6 Å². The standard InChI is InChI=1S/C21H31NO/c1-3-4-5-6-7-8-9-10-11-18-16-21(22-17-18)19-12-14-20(23-2)15-13-19/h12-17,22H,3-11H2,1-2H3. The zero-order valence-electron chi connectivity index (χ0n) is 14.7. The molecule has 1 aromatic heterocycles. The summed E-state index contributed by atoms with van der Waals surface area (Å²) in [7, 11) is 1.70. The van der Waals surface area contributed by atoms with Crippen LogP contribution in [0.25, 0.3) is 11.3 Å². The van der Waals surface area contributed by atoms with Gasteiger partial charge in [0.15, 0.2) is 0 Å². The van der Waals surface area contributed by atoms with E-state index in [1.54, 1.807) is 7.11 Å². The van der Waals surface area contributed by atoms with Gasteiger partial charge in [-0.15, -0.1) is 0 Å². The topological polar surface area (TPSA) is 25.0 Å². The molecule has 2 heteroatoms. The molecule has 0 amide bonds. The first kappa shape index (κ1) is 17.7. The van der Waals surface area contributed by atoms with Gasteiger partial charge in [-0.05, 0) is 54.3 Å². The number of H-pyrrole nitrogens is 1. The van der Waals surface area contributed by atoms with Crippen LogP contribution in [0.3, 0.4) is 0 Å². The van der Waals surface area contributed by atoms with Crippen LogP contribution in [-0.2, 0) is 6.42 Å². The molecule has 0 unspecified atom stereocenters. The number of nitrogens with one attached hydrogen (secondary N) is 1. The summed E-state index contributed by atoms with van der Waals surface area (Å²) in [4.78, 5) is 3.39. The summed E-state index contributed by atoms with van der Waals surface area (Å²) in [6.45, 7) is 2.27. The van der Waals surface area contributed by atoms with Crippen LogP contribution in [0.15, 0.2) is 36.5 Å². The summed E-state index contributed by atoms with van der Waals surface area (Å²) in [5.41, 5.74) is 3.83. The summed E-state index contributed by atoms with van der Waals surface area (Å²) in [5, 5.41) is 0. The fourth-order valence-electron chi connectivity index (χ4n) is 2.98. The molecule has 0 saturated heterocycles. The molecule has 23 heavy (non-hydrogen) atoms. The van der Waals surface area contributed by atoms with Crippen molar-refractivity contribution in [3.63, 3.8) is 0 Å². The van der Waals surface area contributed by atoms with Crippen molar-refractivity contribution in [2.75, 3.05) is 7.11 Å². The monoisotopic (exact) mass is 313 g/mol.